The van der Waals surface area contributed by atoms with Gasteiger partial charge >= 0.3 is 0 Å². The van der Waals surface area contributed by atoms with Crippen molar-refractivity contribution in [2.24, 2.45) is 0 Å². The molecule has 0 N–H and O–H groups in total. The lowest BCUT2D eigenvalue weighted by Crippen LogP contribution is -2.04. The first kappa shape index (κ1) is 12.6. The third-order valence-corrected chi connectivity index (χ3v) is 3.54. The third-order valence-electron chi connectivity index (χ3n) is 3.54. The van der Waals surface area contributed by atoms with Gasteiger partial charge in [0.05, 0.1) is 0 Å². The second-order valence-corrected chi connectivity index (χ2v) is 5.12. The highest BCUT2D eigenvalue weighted by Crippen LogP contribution is 2.20. The Balaban J connectivity index is 1.97. The maximum atomic E-state index is 12.5. The van der Waals surface area contributed by atoms with Crippen LogP contribution in [0.25, 0.3) is 10.8 Å². The Hall–Kier alpha value is -2.41. The average molecular weight is 260 g/mol. The van der Waals surface area contributed by atoms with Crippen molar-refractivity contribution in [3.63, 3.8) is 0 Å². The number of benzene rings is 3. The lowest BCUT2D eigenvalue weighted by Gasteiger charge is -2.06. The lowest BCUT2D eigenvalue weighted by atomic mass is 9.97. The maximum absolute atomic E-state index is 12.5. The summed E-state index contributed by atoms with van der Waals surface area (Å²) in [5.41, 5.74) is 3.07. The van der Waals surface area contributed by atoms with Crippen LogP contribution in [-0.4, -0.2) is 5.78 Å². The van der Waals surface area contributed by atoms with Gasteiger partial charge in [-0.2, -0.15) is 0 Å². The number of ketones is 1. The SMILES string of the molecule is Cc1cccc(CC(=O)c2cccc3ccccc23)c1. The number of fused-ring (bicyclic) bond motifs is 1. The molecular weight excluding hydrogens is 244 g/mol. The van der Waals surface area contributed by atoms with Gasteiger partial charge in [0.2, 0.25) is 0 Å². The smallest absolute Gasteiger partial charge is 0.167 e. The van der Waals surface area contributed by atoms with Crippen LogP contribution in [0.15, 0.2) is 66.7 Å². The Kier molecular flexibility index (Phi) is 3.34. The molecule has 0 bridgehead atoms. The van der Waals surface area contributed by atoms with Gasteiger partial charge in [0.1, 0.15) is 0 Å². The molecule has 0 spiro atoms. The van der Waals surface area contributed by atoms with Crippen molar-refractivity contribution in [1.82, 2.24) is 0 Å². The Morgan fingerprint density at radius 1 is 0.900 bits per heavy atom. The van der Waals surface area contributed by atoms with E-state index in [-0.39, 0.29) is 5.78 Å². The van der Waals surface area contributed by atoms with E-state index in [2.05, 4.69) is 6.07 Å². The van der Waals surface area contributed by atoms with E-state index in [1.165, 1.54) is 5.56 Å². The predicted octanol–water partition coefficient (Wildman–Crippen LogP) is 4.57. The first-order valence-corrected chi connectivity index (χ1v) is 6.80. The molecule has 1 heteroatoms. The molecule has 3 aromatic carbocycles. The van der Waals surface area contributed by atoms with Crippen LogP contribution < -0.4 is 0 Å². The number of aryl methyl sites for hydroxylation is 1. The molecule has 3 aromatic rings. The van der Waals surface area contributed by atoms with Gasteiger partial charge in [-0.15, -0.1) is 0 Å². The van der Waals surface area contributed by atoms with Crippen LogP contribution in [0.4, 0.5) is 0 Å². The Morgan fingerprint density at radius 3 is 2.50 bits per heavy atom. The third kappa shape index (κ3) is 2.48. The van der Waals surface area contributed by atoms with Crippen molar-refractivity contribution >= 4 is 16.6 Å². The minimum absolute atomic E-state index is 0.174. The number of hydrogen-bond donors (Lipinski definition) is 0. The monoisotopic (exact) mass is 260 g/mol. The summed E-state index contributed by atoms with van der Waals surface area (Å²) >= 11 is 0. The van der Waals surface area contributed by atoms with Gasteiger partial charge in [-0.25, -0.2) is 0 Å². The second kappa shape index (κ2) is 5.30. The molecule has 0 atom stereocenters. The van der Waals surface area contributed by atoms with Gasteiger partial charge in [0.25, 0.3) is 0 Å². The van der Waals surface area contributed by atoms with E-state index in [9.17, 15) is 4.79 Å². The molecule has 0 aromatic heterocycles. The Labute approximate surface area is 118 Å². The summed E-state index contributed by atoms with van der Waals surface area (Å²) in [5.74, 6) is 0.174. The number of Topliss-reactive ketones (excluding diaryl/α,β-unsaturated/α-hetero) is 1. The molecule has 0 saturated carbocycles. The Bertz CT molecular complexity index is 766. The summed E-state index contributed by atoms with van der Waals surface area (Å²) in [5, 5.41) is 2.15. The van der Waals surface area contributed by atoms with E-state index in [0.717, 1.165) is 21.9 Å². The molecule has 0 saturated heterocycles. The molecule has 0 aliphatic heterocycles. The molecule has 3 rings (SSSR count). The first-order valence-electron chi connectivity index (χ1n) is 6.80. The summed E-state index contributed by atoms with van der Waals surface area (Å²) in [4.78, 5) is 12.5. The highest BCUT2D eigenvalue weighted by Gasteiger charge is 2.10. The highest BCUT2D eigenvalue weighted by atomic mass is 16.1. The van der Waals surface area contributed by atoms with Crippen molar-refractivity contribution in [1.29, 1.82) is 0 Å². The summed E-state index contributed by atoms with van der Waals surface area (Å²) in [6, 6.07) is 22.1. The van der Waals surface area contributed by atoms with Crippen molar-refractivity contribution < 1.29 is 4.79 Å². The standard InChI is InChI=1S/C19H16O/c1-14-6-4-7-15(12-14)13-19(20)18-11-5-9-16-8-2-3-10-17(16)18/h2-12H,13H2,1H3. The van der Waals surface area contributed by atoms with Gasteiger partial charge < -0.3 is 0 Å². The molecule has 0 amide bonds. The van der Waals surface area contributed by atoms with Crippen LogP contribution in [0.5, 0.6) is 0 Å². The summed E-state index contributed by atoms with van der Waals surface area (Å²) in [6.07, 6.45) is 0.454. The molecule has 1 nitrogen and oxygen atoms in total. The molecular formula is C19H16O. The zero-order chi connectivity index (χ0) is 13.9. The van der Waals surface area contributed by atoms with Crippen molar-refractivity contribution in [3.8, 4) is 0 Å². The van der Waals surface area contributed by atoms with Crippen LogP contribution in [-0.2, 0) is 6.42 Å². The van der Waals surface area contributed by atoms with Crippen LogP contribution >= 0.6 is 0 Å². The van der Waals surface area contributed by atoms with Gasteiger partial charge in [0.15, 0.2) is 5.78 Å². The van der Waals surface area contributed by atoms with E-state index >= 15 is 0 Å². The molecule has 0 heterocycles. The number of carbonyl (C=O) groups excluding carboxylic acids is 1. The van der Waals surface area contributed by atoms with E-state index in [1.807, 2.05) is 67.6 Å². The van der Waals surface area contributed by atoms with E-state index < -0.39 is 0 Å². The average Bonchev–Trinajstić information content (AvgIpc) is 2.46. The van der Waals surface area contributed by atoms with Crippen molar-refractivity contribution in [2.75, 3.05) is 0 Å². The van der Waals surface area contributed by atoms with Crippen LogP contribution in [0.3, 0.4) is 0 Å². The normalized spacial score (nSPS) is 10.7. The van der Waals surface area contributed by atoms with E-state index in [1.54, 1.807) is 0 Å². The minimum Gasteiger partial charge on any atom is -0.294 e. The van der Waals surface area contributed by atoms with Gasteiger partial charge in [0, 0.05) is 12.0 Å². The molecule has 0 fully saturated rings. The molecule has 0 aliphatic carbocycles. The van der Waals surface area contributed by atoms with E-state index in [4.69, 9.17) is 0 Å². The summed E-state index contributed by atoms with van der Waals surface area (Å²) in [6.45, 7) is 2.05. The zero-order valence-electron chi connectivity index (χ0n) is 11.5. The topological polar surface area (TPSA) is 17.1 Å². The predicted molar refractivity (Wildman–Crippen MR) is 83.2 cm³/mol. The molecule has 98 valence electrons. The lowest BCUT2D eigenvalue weighted by molar-refractivity contribution is 0.0994. The number of hydrogen-bond acceptors (Lipinski definition) is 1. The number of carbonyl (C=O) groups is 1. The first-order chi connectivity index (χ1) is 9.74. The van der Waals surface area contributed by atoms with Crippen molar-refractivity contribution in [3.05, 3.63) is 83.4 Å². The number of rotatable bonds is 3. The zero-order valence-corrected chi connectivity index (χ0v) is 11.5. The minimum atomic E-state index is 0.174. The summed E-state index contributed by atoms with van der Waals surface area (Å²) < 4.78 is 0. The Morgan fingerprint density at radius 2 is 1.65 bits per heavy atom. The quantitative estimate of drug-likeness (QED) is 0.630. The fraction of sp³-hybridized carbons (Fsp3) is 0.105. The van der Waals surface area contributed by atoms with Crippen LogP contribution in [0, 0.1) is 6.92 Å². The summed E-state index contributed by atoms with van der Waals surface area (Å²) in [7, 11) is 0. The fourth-order valence-corrected chi connectivity index (χ4v) is 2.57. The van der Waals surface area contributed by atoms with Gasteiger partial charge in [-0.3, -0.25) is 4.79 Å². The molecule has 0 aliphatic rings. The van der Waals surface area contributed by atoms with Crippen molar-refractivity contribution in [2.45, 2.75) is 13.3 Å². The van der Waals surface area contributed by atoms with Gasteiger partial charge in [-0.1, -0.05) is 72.3 Å². The maximum Gasteiger partial charge on any atom is 0.167 e. The molecule has 20 heavy (non-hydrogen) atoms. The largest absolute Gasteiger partial charge is 0.294 e. The molecule has 0 radical (unpaired) electrons. The van der Waals surface area contributed by atoms with E-state index in [0.29, 0.717) is 6.42 Å². The second-order valence-electron chi connectivity index (χ2n) is 5.12. The fourth-order valence-electron chi connectivity index (χ4n) is 2.57. The van der Waals surface area contributed by atoms with Gasteiger partial charge in [-0.05, 0) is 23.3 Å². The molecule has 0 unspecified atom stereocenters. The van der Waals surface area contributed by atoms with Crippen LogP contribution in [0.1, 0.15) is 21.5 Å². The highest BCUT2D eigenvalue weighted by molar-refractivity contribution is 6.08. The van der Waals surface area contributed by atoms with Crippen LogP contribution in [0.2, 0.25) is 0 Å².